The monoisotopic (exact) mass is 309 g/mol. The van der Waals surface area contributed by atoms with Crippen LogP contribution in [0.15, 0.2) is 18.2 Å². The molecule has 0 radical (unpaired) electrons. The maximum absolute atomic E-state index is 12.0. The Kier molecular flexibility index (Phi) is 5.20. The standard InChI is InChI=1S/C15H19N3O2.ClH/c19-14-6-3-10-8-12(4-5-13(10)18-14)17-15(20)9-11-2-1-7-16-11;/h4-5,8,11,16H,1-3,6-7,9H2,(H,17,20)(H,18,19);1H. The van der Waals surface area contributed by atoms with Crippen molar-refractivity contribution < 1.29 is 9.59 Å². The Hall–Kier alpha value is -1.59. The normalized spacial score (nSPS) is 20.2. The molecule has 1 saturated heterocycles. The van der Waals surface area contributed by atoms with Gasteiger partial charge in [-0.15, -0.1) is 12.4 Å². The van der Waals surface area contributed by atoms with Crippen LogP contribution in [0, 0.1) is 0 Å². The van der Waals surface area contributed by atoms with Crippen LogP contribution in [0.5, 0.6) is 0 Å². The second-order valence-corrected chi connectivity index (χ2v) is 5.47. The van der Waals surface area contributed by atoms with Crippen LogP contribution < -0.4 is 16.0 Å². The first-order chi connectivity index (χ1) is 9.70. The van der Waals surface area contributed by atoms with E-state index in [4.69, 9.17) is 0 Å². The highest BCUT2D eigenvalue weighted by atomic mass is 35.5. The van der Waals surface area contributed by atoms with Crippen molar-refractivity contribution in [2.24, 2.45) is 0 Å². The maximum Gasteiger partial charge on any atom is 0.225 e. The zero-order valence-electron chi connectivity index (χ0n) is 11.8. The summed E-state index contributed by atoms with van der Waals surface area (Å²) in [6, 6.07) is 5.96. The molecule has 1 aromatic rings. The van der Waals surface area contributed by atoms with Gasteiger partial charge in [0.15, 0.2) is 0 Å². The fourth-order valence-corrected chi connectivity index (χ4v) is 2.83. The van der Waals surface area contributed by atoms with Gasteiger partial charge < -0.3 is 16.0 Å². The van der Waals surface area contributed by atoms with Gasteiger partial charge >= 0.3 is 0 Å². The Bertz CT molecular complexity index is 542. The Balaban J connectivity index is 0.00000161. The Labute approximate surface area is 130 Å². The van der Waals surface area contributed by atoms with E-state index in [1.165, 1.54) is 0 Å². The molecular formula is C15H20ClN3O2. The summed E-state index contributed by atoms with van der Waals surface area (Å²) >= 11 is 0. The average Bonchev–Trinajstić information content (AvgIpc) is 2.91. The number of anilines is 2. The Morgan fingerprint density at radius 3 is 2.95 bits per heavy atom. The van der Waals surface area contributed by atoms with Crippen molar-refractivity contribution in [3.8, 4) is 0 Å². The van der Waals surface area contributed by atoms with Crippen LogP contribution in [0.2, 0.25) is 0 Å². The van der Waals surface area contributed by atoms with Gasteiger partial charge in [0.05, 0.1) is 0 Å². The van der Waals surface area contributed by atoms with Crippen molar-refractivity contribution in [1.82, 2.24) is 5.32 Å². The van der Waals surface area contributed by atoms with Crippen LogP contribution in [0.25, 0.3) is 0 Å². The van der Waals surface area contributed by atoms with E-state index < -0.39 is 0 Å². The number of amides is 2. The highest BCUT2D eigenvalue weighted by molar-refractivity contribution is 5.95. The highest BCUT2D eigenvalue weighted by Gasteiger charge is 2.18. The number of benzene rings is 1. The van der Waals surface area contributed by atoms with E-state index >= 15 is 0 Å². The minimum absolute atomic E-state index is 0. The van der Waals surface area contributed by atoms with E-state index in [1.54, 1.807) is 0 Å². The first kappa shape index (κ1) is 15.8. The highest BCUT2D eigenvalue weighted by Crippen LogP contribution is 2.25. The SMILES string of the molecule is Cl.O=C(CC1CCCN1)Nc1ccc2c(c1)CCC(=O)N2. The second-order valence-electron chi connectivity index (χ2n) is 5.47. The van der Waals surface area contributed by atoms with Crippen molar-refractivity contribution in [2.45, 2.75) is 38.1 Å². The van der Waals surface area contributed by atoms with Crippen molar-refractivity contribution in [2.75, 3.05) is 17.2 Å². The van der Waals surface area contributed by atoms with Gasteiger partial charge in [0, 0.05) is 30.3 Å². The van der Waals surface area contributed by atoms with Crippen LogP contribution >= 0.6 is 12.4 Å². The van der Waals surface area contributed by atoms with Crippen molar-refractivity contribution in [1.29, 1.82) is 0 Å². The van der Waals surface area contributed by atoms with E-state index in [0.29, 0.717) is 18.9 Å². The fraction of sp³-hybridized carbons (Fsp3) is 0.467. The lowest BCUT2D eigenvalue weighted by Gasteiger charge is -2.18. The van der Waals surface area contributed by atoms with Crippen molar-refractivity contribution >= 4 is 35.6 Å². The molecule has 1 fully saturated rings. The van der Waals surface area contributed by atoms with Crippen molar-refractivity contribution in [3.05, 3.63) is 23.8 Å². The smallest absolute Gasteiger partial charge is 0.225 e. The van der Waals surface area contributed by atoms with Gasteiger partial charge in [-0.25, -0.2) is 0 Å². The molecule has 0 aromatic heterocycles. The van der Waals surface area contributed by atoms with Crippen molar-refractivity contribution in [3.63, 3.8) is 0 Å². The Morgan fingerprint density at radius 1 is 1.33 bits per heavy atom. The third-order valence-corrected chi connectivity index (χ3v) is 3.88. The number of fused-ring (bicyclic) bond motifs is 1. The van der Waals surface area contributed by atoms with Gasteiger partial charge in [0.25, 0.3) is 0 Å². The maximum atomic E-state index is 12.0. The van der Waals surface area contributed by atoms with Crippen LogP contribution in [0.4, 0.5) is 11.4 Å². The van der Waals surface area contributed by atoms with E-state index in [-0.39, 0.29) is 24.2 Å². The number of hydrogen-bond acceptors (Lipinski definition) is 3. The first-order valence-electron chi connectivity index (χ1n) is 7.17. The lowest BCUT2D eigenvalue weighted by atomic mass is 10.0. The summed E-state index contributed by atoms with van der Waals surface area (Å²) in [5, 5.41) is 9.10. The predicted octanol–water partition coefficient (Wildman–Crippen LogP) is 2.07. The minimum Gasteiger partial charge on any atom is -0.326 e. The summed E-state index contributed by atoms with van der Waals surface area (Å²) in [6.07, 6.45) is 3.99. The van der Waals surface area contributed by atoms with Gasteiger partial charge in [-0.2, -0.15) is 0 Å². The van der Waals surface area contributed by atoms with E-state index in [2.05, 4.69) is 16.0 Å². The fourth-order valence-electron chi connectivity index (χ4n) is 2.83. The van der Waals surface area contributed by atoms with Crippen LogP contribution in [-0.4, -0.2) is 24.4 Å². The van der Waals surface area contributed by atoms with Gasteiger partial charge in [0.1, 0.15) is 0 Å². The molecule has 6 heteroatoms. The molecule has 21 heavy (non-hydrogen) atoms. The molecule has 3 N–H and O–H groups in total. The molecule has 2 amide bonds. The largest absolute Gasteiger partial charge is 0.326 e. The van der Waals surface area contributed by atoms with Gasteiger partial charge in [-0.05, 0) is 49.6 Å². The van der Waals surface area contributed by atoms with Gasteiger partial charge in [-0.3, -0.25) is 9.59 Å². The molecule has 2 heterocycles. The summed E-state index contributed by atoms with van der Waals surface area (Å²) < 4.78 is 0. The number of nitrogens with one attached hydrogen (secondary N) is 3. The quantitative estimate of drug-likeness (QED) is 0.800. The topological polar surface area (TPSA) is 70.2 Å². The van der Waals surface area contributed by atoms with Gasteiger partial charge in [0.2, 0.25) is 11.8 Å². The first-order valence-corrected chi connectivity index (χ1v) is 7.17. The van der Waals surface area contributed by atoms with E-state index in [0.717, 1.165) is 42.7 Å². The molecule has 2 aliphatic rings. The minimum atomic E-state index is 0. The molecule has 0 saturated carbocycles. The summed E-state index contributed by atoms with van der Waals surface area (Å²) in [4.78, 5) is 23.3. The summed E-state index contributed by atoms with van der Waals surface area (Å²) in [6.45, 7) is 1.01. The molecular weight excluding hydrogens is 290 g/mol. The molecule has 114 valence electrons. The number of hydrogen-bond donors (Lipinski definition) is 3. The number of halogens is 1. The number of rotatable bonds is 3. The van der Waals surface area contributed by atoms with Crippen LogP contribution in [-0.2, 0) is 16.0 Å². The lowest BCUT2D eigenvalue weighted by molar-refractivity contribution is -0.117. The summed E-state index contributed by atoms with van der Waals surface area (Å²) in [5.41, 5.74) is 2.75. The third kappa shape index (κ3) is 3.95. The summed E-state index contributed by atoms with van der Waals surface area (Å²) in [5.74, 6) is 0.103. The van der Waals surface area contributed by atoms with E-state index in [9.17, 15) is 9.59 Å². The predicted molar refractivity (Wildman–Crippen MR) is 84.9 cm³/mol. The molecule has 1 unspecified atom stereocenters. The molecule has 0 bridgehead atoms. The number of carbonyl (C=O) groups excluding carboxylic acids is 2. The average molecular weight is 310 g/mol. The number of aryl methyl sites for hydroxylation is 1. The van der Waals surface area contributed by atoms with Gasteiger partial charge in [-0.1, -0.05) is 0 Å². The zero-order chi connectivity index (χ0) is 13.9. The van der Waals surface area contributed by atoms with Crippen LogP contribution in [0.3, 0.4) is 0 Å². The molecule has 1 aromatic carbocycles. The molecule has 1 atom stereocenters. The molecule has 0 spiro atoms. The summed E-state index contributed by atoms with van der Waals surface area (Å²) in [7, 11) is 0. The Morgan fingerprint density at radius 2 is 2.19 bits per heavy atom. The molecule has 0 aliphatic carbocycles. The lowest BCUT2D eigenvalue weighted by Crippen LogP contribution is -2.27. The van der Waals surface area contributed by atoms with Crippen LogP contribution in [0.1, 0.15) is 31.2 Å². The van der Waals surface area contributed by atoms with E-state index in [1.807, 2.05) is 18.2 Å². The molecule has 5 nitrogen and oxygen atoms in total. The zero-order valence-corrected chi connectivity index (χ0v) is 12.6. The molecule has 3 rings (SSSR count). The second kappa shape index (κ2) is 6.91. The number of carbonyl (C=O) groups is 2. The third-order valence-electron chi connectivity index (χ3n) is 3.88. The molecule has 2 aliphatic heterocycles.